The zero-order valence-corrected chi connectivity index (χ0v) is 7.34. The van der Waals surface area contributed by atoms with Crippen molar-refractivity contribution >= 4 is 5.97 Å². The maximum absolute atomic E-state index is 9.75. The quantitative estimate of drug-likeness (QED) is 0.536. The van der Waals surface area contributed by atoms with Crippen LogP contribution < -0.4 is 0 Å². The van der Waals surface area contributed by atoms with Crippen molar-refractivity contribution in [1.29, 1.82) is 0 Å². The summed E-state index contributed by atoms with van der Waals surface area (Å²) in [5.41, 5.74) is 0. The zero-order chi connectivity index (χ0) is 9.94. The Bertz CT molecular complexity index is 246. The molecule has 1 aromatic heterocycles. The molecule has 70 valence electrons. The summed E-state index contributed by atoms with van der Waals surface area (Å²) >= 11 is 0. The number of aromatic nitrogens is 2. The first-order valence-corrected chi connectivity index (χ1v) is 3.73. The highest BCUT2D eigenvalue weighted by molar-refractivity contribution is 5.80. The Balaban J connectivity index is 0.000000243. The van der Waals surface area contributed by atoms with Gasteiger partial charge in [0.15, 0.2) is 0 Å². The minimum absolute atomic E-state index is 0.914. The lowest BCUT2D eigenvalue weighted by Crippen LogP contribution is -1.83. The van der Waals surface area contributed by atoms with Crippen LogP contribution in [0.4, 0.5) is 0 Å². The van der Waals surface area contributed by atoms with Gasteiger partial charge in [-0.3, -0.25) is 5.10 Å². The first-order valence-electron chi connectivity index (χ1n) is 3.73. The molecule has 13 heavy (non-hydrogen) atoms. The molecule has 0 aliphatic heterocycles. The van der Waals surface area contributed by atoms with Gasteiger partial charge in [-0.05, 0) is 13.0 Å². The molecular formula is C9H12N2O2. The van der Waals surface area contributed by atoms with E-state index in [-0.39, 0.29) is 0 Å². The average molecular weight is 180 g/mol. The molecule has 2 N–H and O–H groups in total. The zero-order valence-electron chi connectivity index (χ0n) is 7.34. The number of H-pyrrole nitrogens is 1. The second-order valence-electron chi connectivity index (χ2n) is 1.99. The molecule has 0 fully saturated rings. The Morgan fingerprint density at radius 1 is 1.54 bits per heavy atom. The van der Waals surface area contributed by atoms with Crippen molar-refractivity contribution in [1.82, 2.24) is 10.2 Å². The van der Waals surface area contributed by atoms with Crippen LogP contribution in [-0.4, -0.2) is 21.3 Å². The summed E-state index contributed by atoms with van der Waals surface area (Å²) in [4.78, 5) is 9.75. The van der Waals surface area contributed by atoms with Crippen LogP contribution in [0.3, 0.4) is 0 Å². The van der Waals surface area contributed by atoms with Gasteiger partial charge in [0.1, 0.15) is 0 Å². The molecular weight excluding hydrogens is 168 g/mol. The van der Waals surface area contributed by atoms with E-state index in [9.17, 15) is 4.79 Å². The number of carboxylic acid groups (broad SMARTS) is 1. The van der Waals surface area contributed by atoms with E-state index < -0.39 is 5.97 Å². The summed E-state index contributed by atoms with van der Waals surface area (Å²) in [6, 6.07) is 1.83. The summed E-state index contributed by atoms with van der Waals surface area (Å²) in [5, 5.41) is 14.2. The average Bonchev–Trinajstić information content (AvgIpc) is 2.61. The lowest BCUT2D eigenvalue weighted by molar-refractivity contribution is -0.131. The predicted molar refractivity (Wildman–Crippen MR) is 50.2 cm³/mol. The van der Waals surface area contributed by atoms with Gasteiger partial charge in [0.05, 0.1) is 0 Å². The molecule has 1 aromatic rings. The summed E-state index contributed by atoms with van der Waals surface area (Å²) in [5.74, 6) is -0.914. The van der Waals surface area contributed by atoms with Gasteiger partial charge in [0.25, 0.3) is 0 Å². The predicted octanol–water partition coefficient (Wildman–Crippen LogP) is 1.61. The molecule has 1 heterocycles. The van der Waals surface area contributed by atoms with Crippen LogP contribution >= 0.6 is 0 Å². The lowest BCUT2D eigenvalue weighted by Gasteiger charge is -1.72. The van der Waals surface area contributed by atoms with Gasteiger partial charge in [-0.2, -0.15) is 5.10 Å². The van der Waals surface area contributed by atoms with Gasteiger partial charge < -0.3 is 5.11 Å². The molecule has 0 amide bonds. The minimum atomic E-state index is -0.914. The number of nitrogens with one attached hydrogen (secondary N) is 1. The molecule has 0 saturated heterocycles. The molecule has 0 radical (unpaired) electrons. The monoisotopic (exact) mass is 180 g/mol. The molecule has 4 heteroatoms. The second-order valence-corrected chi connectivity index (χ2v) is 1.99. The van der Waals surface area contributed by atoms with Crippen LogP contribution in [-0.2, 0) is 4.79 Å². The largest absolute Gasteiger partial charge is 0.478 e. The fourth-order valence-corrected chi connectivity index (χ4v) is 0.464. The van der Waals surface area contributed by atoms with Gasteiger partial charge in [-0.1, -0.05) is 18.2 Å². The van der Waals surface area contributed by atoms with E-state index in [0.717, 1.165) is 6.08 Å². The molecule has 0 aromatic carbocycles. The van der Waals surface area contributed by atoms with E-state index in [4.69, 9.17) is 5.11 Å². The molecule has 0 aliphatic carbocycles. The summed E-state index contributed by atoms with van der Waals surface area (Å²) in [6.45, 7) is 1.83. The highest BCUT2D eigenvalue weighted by Gasteiger charge is 1.78. The topological polar surface area (TPSA) is 66.0 Å². The lowest BCUT2D eigenvalue weighted by atomic mass is 10.4. The normalized spacial score (nSPS) is 9.92. The van der Waals surface area contributed by atoms with Crippen molar-refractivity contribution in [3.63, 3.8) is 0 Å². The van der Waals surface area contributed by atoms with Crippen molar-refractivity contribution in [3.05, 3.63) is 42.8 Å². The minimum Gasteiger partial charge on any atom is -0.478 e. The van der Waals surface area contributed by atoms with Crippen molar-refractivity contribution in [2.75, 3.05) is 0 Å². The Morgan fingerprint density at radius 2 is 2.31 bits per heavy atom. The van der Waals surface area contributed by atoms with Crippen LogP contribution in [0.1, 0.15) is 6.92 Å². The fraction of sp³-hybridized carbons (Fsp3) is 0.111. The number of carbonyl (C=O) groups is 1. The number of allylic oxidation sites excluding steroid dienone is 3. The van der Waals surface area contributed by atoms with Crippen LogP contribution in [0.2, 0.25) is 0 Å². The fourth-order valence-electron chi connectivity index (χ4n) is 0.464. The van der Waals surface area contributed by atoms with Crippen LogP contribution in [0.5, 0.6) is 0 Å². The molecule has 0 unspecified atom stereocenters. The molecule has 0 saturated carbocycles. The number of hydrogen-bond donors (Lipinski definition) is 2. The van der Waals surface area contributed by atoms with E-state index in [2.05, 4.69) is 10.2 Å². The molecule has 0 atom stereocenters. The Kier molecular flexibility index (Phi) is 7.09. The maximum Gasteiger partial charge on any atom is 0.328 e. The third-order valence-electron chi connectivity index (χ3n) is 0.948. The van der Waals surface area contributed by atoms with Crippen molar-refractivity contribution < 1.29 is 9.90 Å². The third-order valence-corrected chi connectivity index (χ3v) is 0.948. The Labute approximate surface area is 76.6 Å². The summed E-state index contributed by atoms with van der Waals surface area (Å²) < 4.78 is 0. The van der Waals surface area contributed by atoms with Crippen molar-refractivity contribution in [2.45, 2.75) is 6.92 Å². The number of aliphatic carboxylic acids is 1. The van der Waals surface area contributed by atoms with Crippen molar-refractivity contribution in [2.24, 2.45) is 0 Å². The smallest absolute Gasteiger partial charge is 0.328 e. The highest BCUT2D eigenvalue weighted by atomic mass is 16.4. The van der Waals surface area contributed by atoms with E-state index in [1.165, 1.54) is 6.08 Å². The SMILES string of the molecule is C/C=C/C=C/C(=O)O.c1cn[nH]c1. The first-order chi connectivity index (χ1) is 6.27. The van der Waals surface area contributed by atoms with E-state index in [1.807, 2.05) is 13.0 Å². The first kappa shape index (κ1) is 11.2. The number of rotatable bonds is 2. The van der Waals surface area contributed by atoms with Gasteiger partial charge in [-0.15, -0.1) is 0 Å². The van der Waals surface area contributed by atoms with E-state index in [0.29, 0.717) is 0 Å². The van der Waals surface area contributed by atoms with Crippen molar-refractivity contribution in [3.8, 4) is 0 Å². The molecule has 4 nitrogen and oxygen atoms in total. The standard InChI is InChI=1S/C6H8O2.C3H4N2/c1-2-3-4-5-6(7)8;1-2-4-5-3-1/h2-5H,1H3,(H,7,8);1-3H,(H,4,5)/b3-2+,5-4+;. The van der Waals surface area contributed by atoms with Gasteiger partial charge in [-0.25, -0.2) is 4.79 Å². The number of nitrogens with zero attached hydrogens (tertiary/aromatic N) is 1. The number of aromatic amines is 1. The van der Waals surface area contributed by atoms with Crippen LogP contribution in [0.25, 0.3) is 0 Å². The molecule has 0 bridgehead atoms. The summed E-state index contributed by atoms with van der Waals surface area (Å²) in [7, 11) is 0. The van der Waals surface area contributed by atoms with Crippen LogP contribution in [0, 0.1) is 0 Å². The summed E-state index contributed by atoms with van der Waals surface area (Å²) in [6.07, 6.45) is 9.44. The number of hydrogen-bond acceptors (Lipinski definition) is 2. The Hall–Kier alpha value is -1.84. The van der Waals surface area contributed by atoms with E-state index in [1.54, 1.807) is 24.5 Å². The number of carboxylic acids is 1. The highest BCUT2D eigenvalue weighted by Crippen LogP contribution is 1.74. The van der Waals surface area contributed by atoms with E-state index >= 15 is 0 Å². The Morgan fingerprint density at radius 3 is 2.62 bits per heavy atom. The van der Waals surface area contributed by atoms with Crippen LogP contribution in [0.15, 0.2) is 42.8 Å². The van der Waals surface area contributed by atoms with Gasteiger partial charge in [0, 0.05) is 18.5 Å². The molecule has 1 rings (SSSR count). The molecule has 0 aliphatic rings. The third kappa shape index (κ3) is 10.2. The maximum atomic E-state index is 9.75. The molecule has 0 spiro atoms. The van der Waals surface area contributed by atoms with Gasteiger partial charge >= 0.3 is 5.97 Å². The second kappa shape index (κ2) is 8.26. The van der Waals surface area contributed by atoms with Gasteiger partial charge in [0.2, 0.25) is 0 Å².